The summed E-state index contributed by atoms with van der Waals surface area (Å²) in [4.78, 5) is 12.3. The summed E-state index contributed by atoms with van der Waals surface area (Å²) >= 11 is 4.86. The highest BCUT2D eigenvalue weighted by Crippen LogP contribution is 2.26. The zero-order valence-electron chi connectivity index (χ0n) is 12.1. The number of benzene rings is 1. The maximum Gasteiger partial charge on any atom is 0.237 e. The zero-order valence-corrected chi connectivity index (χ0v) is 14.5. The van der Waals surface area contributed by atoms with Crippen LogP contribution in [0.3, 0.4) is 0 Å². The summed E-state index contributed by atoms with van der Waals surface area (Å²) in [5.74, 6) is -0.0600. The third kappa shape index (κ3) is 4.07. The van der Waals surface area contributed by atoms with E-state index in [1.807, 2.05) is 43.5 Å². The third-order valence-electron chi connectivity index (χ3n) is 2.95. The lowest BCUT2D eigenvalue weighted by Crippen LogP contribution is -2.23. The van der Waals surface area contributed by atoms with E-state index in [1.54, 1.807) is 6.33 Å². The standard InChI is InChI=1S/C14H17BrN4OS/c1-4-19-8-16-18-14(19)21-10(3)13(20)17-12-6-5-9(2)7-11(12)15/h5-8,10H,4H2,1-3H3,(H,17,20). The Morgan fingerprint density at radius 3 is 2.95 bits per heavy atom. The number of carbonyl (C=O) groups is 1. The van der Waals surface area contributed by atoms with Crippen LogP contribution < -0.4 is 5.32 Å². The molecule has 21 heavy (non-hydrogen) atoms. The molecule has 0 aliphatic heterocycles. The second-order valence-corrected chi connectivity index (χ2v) is 6.79. The molecule has 112 valence electrons. The van der Waals surface area contributed by atoms with Gasteiger partial charge in [0.2, 0.25) is 5.91 Å². The van der Waals surface area contributed by atoms with E-state index in [2.05, 4.69) is 31.4 Å². The first-order valence-corrected chi connectivity index (χ1v) is 8.30. The van der Waals surface area contributed by atoms with Crippen LogP contribution in [0.2, 0.25) is 0 Å². The summed E-state index contributed by atoms with van der Waals surface area (Å²) in [5, 5.41) is 11.3. The third-order valence-corrected chi connectivity index (χ3v) is 4.71. The molecular formula is C14H17BrN4OS. The van der Waals surface area contributed by atoms with E-state index in [1.165, 1.54) is 11.8 Å². The van der Waals surface area contributed by atoms with Crippen molar-refractivity contribution >= 4 is 39.3 Å². The van der Waals surface area contributed by atoms with Gasteiger partial charge in [0.25, 0.3) is 0 Å². The van der Waals surface area contributed by atoms with Crippen LogP contribution in [-0.2, 0) is 11.3 Å². The van der Waals surface area contributed by atoms with Crippen molar-refractivity contribution in [2.75, 3.05) is 5.32 Å². The van der Waals surface area contributed by atoms with Crippen LogP contribution in [0.5, 0.6) is 0 Å². The fourth-order valence-corrected chi connectivity index (χ4v) is 3.20. The van der Waals surface area contributed by atoms with Crippen LogP contribution in [0.4, 0.5) is 5.69 Å². The van der Waals surface area contributed by atoms with Gasteiger partial charge in [-0.25, -0.2) is 0 Å². The first kappa shape index (κ1) is 16.0. The molecule has 0 radical (unpaired) electrons. The van der Waals surface area contributed by atoms with Crippen LogP contribution in [0.1, 0.15) is 19.4 Å². The van der Waals surface area contributed by atoms with Crippen molar-refractivity contribution in [3.05, 3.63) is 34.6 Å². The average molecular weight is 369 g/mol. The van der Waals surface area contributed by atoms with Crippen molar-refractivity contribution in [2.24, 2.45) is 0 Å². The highest BCUT2D eigenvalue weighted by Gasteiger charge is 2.18. The Hall–Kier alpha value is -1.34. The Kier molecular flexibility index (Phi) is 5.41. The quantitative estimate of drug-likeness (QED) is 0.820. The molecule has 1 unspecified atom stereocenters. The molecule has 0 aliphatic rings. The molecule has 1 aromatic carbocycles. The summed E-state index contributed by atoms with van der Waals surface area (Å²) < 4.78 is 2.79. The molecule has 0 aliphatic carbocycles. The van der Waals surface area contributed by atoms with Gasteiger partial charge in [0.15, 0.2) is 5.16 Å². The Labute approximate surface area is 136 Å². The minimum atomic E-state index is -0.257. The molecule has 0 fully saturated rings. The van der Waals surface area contributed by atoms with E-state index >= 15 is 0 Å². The molecule has 1 aromatic heterocycles. The van der Waals surface area contributed by atoms with Gasteiger partial charge in [-0.15, -0.1) is 10.2 Å². The number of hydrogen-bond donors (Lipinski definition) is 1. The van der Waals surface area contributed by atoms with Crippen LogP contribution in [0.25, 0.3) is 0 Å². The fraction of sp³-hybridized carbons (Fsp3) is 0.357. The highest BCUT2D eigenvalue weighted by atomic mass is 79.9. The molecular weight excluding hydrogens is 352 g/mol. The smallest absolute Gasteiger partial charge is 0.237 e. The molecule has 0 saturated heterocycles. The summed E-state index contributed by atoms with van der Waals surface area (Å²) in [7, 11) is 0. The monoisotopic (exact) mass is 368 g/mol. The van der Waals surface area contributed by atoms with Gasteiger partial charge < -0.3 is 9.88 Å². The first-order valence-electron chi connectivity index (χ1n) is 6.62. The van der Waals surface area contributed by atoms with Crippen molar-refractivity contribution in [3.63, 3.8) is 0 Å². The molecule has 2 rings (SSSR count). The number of nitrogens with zero attached hydrogens (tertiary/aromatic N) is 3. The Morgan fingerprint density at radius 1 is 1.52 bits per heavy atom. The van der Waals surface area contributed by atoms with Crippen molar-refractivity contribution in [2.45, 2.75) is 37.7 Å². The lowest BCUT2D eigenvalue weighted by atomic mass is 10.2. The van der Waals surface area contributed by atoms with Gasteiger partial charge in [0, 0.05) is 11.0 Å². The minimum absolute atomic E-state index is 0.0600. The van der Waals surface area contributed by atoms with Crippen LogP contribution in [0.15, 0.2) is 34.2 Å². The Balaban J connectivity index is 2.02. The second-order valence-electron chi connectivity index (χ2n) is 4.63. The number of rotatable bonds is 5. The predicted octanol–water partition coefficient (Wildman–Crippen LogP) is 3.49. The molecule has 1 atom stereocenters. The van der Waals surface area contributed by atoms with Crippen LogP contribution in [0, 0.1) is 6.92 Å². The molecule has 1 N–H and O–H groups in total. The van der Waals surface area contributed by atoms with Crippen LogP contribution in [-0.4, -0.2) is 25.9 Å². The zero-order chi connectivity index (χ0) is 15.4. The maximum atomic E-state index is 12.3. The van der Waals surface area contributed by atoms with Gasteiger partial charge in [0.1, 0.15) is 6.33 Å². The lowest BCUT2D eigenvalue weighted by molar-refractivity contribution is -0.115. The van der Waals surface area contributed by atoms with E-state index in [0.717, 1.165) is 27.4 Å². The summed E-state index contributed by atoms with van der Waals surface area (Å²) in [6, 6.07) is 5.83. The summed E-state index contributed by atoms with van der Waals surface area (Å²) in [6.07, 6.45) is 1.67. The molecule has 1 amide bonds. The number of thioether (sulfide) groups is 1. The van der Waals surface area contributed by atoms with E-state index in [4.69, 9.17) is 0 Å². The minimum Gasteiger partial charge on any atom is -0.324 e. The largest absolute Gasteiger partial charge is 0.324 e. The molecule has 2 aromatic rings. The molecule has 0 saturated carbocycles. The summed E-state index contributed by atoms with van der Waals surface area (Å²) in [5.41, 5.74) is 1.91. The van der Waals surface area contributed by atoms with E-state index in [9.17, 15) is 4.79 Å². The molecule has 7 heteroatoms. The SMILES string of the molecule is CCn1cnnc1SC(C)C(=O)Nc1ccc(C)cc1Br. The van der Waals surface area contributed by atoms with Crippen LogP contribution >= 0.6 is 27.7 Å². The van der Waals surface area contributed by atoms with E-state index < -0.39 is 0 Å². The number of amides is 1. The lowest BCUT2D eigenvalue weighted by Gasteiger charge is -2.13. The predicted molar refractivity (Wildman–Crippen MR) is 88.5 cm³/mol. The number of anilines is 1. The van der Waals surface area contributed by atoms with Gasteiger partial charge in [0.05, 0.1) is 10.9 Å². The molecule has 1 heterocycles. The van der Waals surface area contributed by atoms with Crippen molar-refractivity contribution in [3.8, 4) is 0 Å². The van der Waals surface area contributed by atoms with Crippen molar-refractivity contribution in [1.29, 1.82) is 0 Å². The summed E-state index contributed by atoms with van der Waals surface area (Å²) in [6.45, 7) is 6.66. The second kappa shape index (κ2) is 7.09. The normalized spacial score (nSPS) is 12.2. The number of halogens is 1. The number of carbonyl (C=O) groups excluding carboxylic acids is 1. The van der Waals surface area contributed by atoms with Gasteiger partial charge in [-0.1, -0.05) is 17.8 Å². The van der Waals surface area contributed by atoms with Crippen molar-refractivity contribution in [1.82, 2.24) is 14.8 Å². The Bertz CT molecular complexity index is 644. The van der Waals surface area contributed by atoms with Gasteiger partial charge in [-0.2, -0.15) is 0 Å². The highest BCUT2D eigenvalue weighted by molar-refractivity contribution is 9.10. The topological polar surface area (TPSA) is 59.8 Å². The van der Waals surface area contributed by atoms with E-state index in [-0.39, 0.29) is 11.2 Å². The number of aromatic nitrogens is 3. The van der Waals surface area contributed by atoms with Gasteiger partial charge >= 0.3 is 0 Å². The van der Waals surface area contributed by atoms with E-state index in [0.29, 0.717) is 0 Å². The average Bonchev–Trinajstić information content (AvgIpc) is 2.89. The van der Waals surface area contributed by atoms with Gasteiger partial charge in [-0.3, -0.25) is 4.79 Å². The maximum absolute atomic E-state index is 12.3. The van der Waals surface area contributed by atoms with Crippen molar-refractivity contribution < 1.29 is 4.79 Å². The number of hydrogen-bond acceptors (Lipinski definition) is 4. The number of aryl methyl sites for hydroxylation is 2. The first-order chi connectivity index (χ1) is 10.0. The molecule has 0 bridgehead atoms. The fourth-order valence-electron chi connectivity index (χ4n) is 1.72. The molecule has 5 nitrogen and oxygen atoms in total. The van der Waals surface area contributed by atoms with Gasteiger partial charge in [-0.05, 0) is 54.4 Å². The molecule has 0 spiro atoms. The number of nitrogens with one attached hydrogen (secondary N) is 1. The Morgan fingerprint density at radius 2 is 2.29 bits per heavy atom.